The first-order valence-corrected chi connectivity index (χ1v) is 13.5. The first-order chi connectivity index (χ1) is 18.4. The zero-order chi connectivity index (χ0) is 27.1. The summed E-state index contributed by atoms with van der Waals surface area (Å²) in [5, 5.41) is 17.7. The molecule has 1 aliphatic heterocycles. The fourth-order valence-corrected chi connectivity index (χ4v) is 5.36. The van der Waals surface area contributed by atoms with Crippen LogP contribution in [-0.2, 0) is 14.3 Å². The third-order valence-corrected chi connectivity index (χ3v) is 7.28. The number of dihydropyridines is 1. The van der Waals surface area contributed by atoms with Gasteiger partial charge in [0, 0.05) is 15.7 Å². The van der Waals surface area contributed by atoms with E-state index in [1.165, 1.54) is 0 Å². The van der Waals surface area contributed by atoms with E-state index in [9.17, 15) is 14.9 Å². The molecule has 1 aliphatic rings. The first kappa shape index (κ1) is 27.3. The number of esters is 1. The molecule has 0 aromatic heterocycles. The smallest absolute Gasteiger partial charge is 0.337 e. The van der Waals surface area contributed by atoms with Gasteiger partial charge in [-0.15, -0.1) is 0 Å². The van der Waals surface area contributed by atoms with Gasteiger partial charge in [-0.2, -0.15) is 5.26 Å². The lowest BCUT2D eigenvalue weighted by Crippen LogP contribution is -2.30. The summed E-state index contributed by atoms with van der Waals surface area (Å²) in [6, 6.07) is 25.5. The van der Waals surface area contributed by atoms with E-state index in [4.69, 9.17) is 27.9 Å². The number of halogens is 2. The van der Waals surface area contributed by atoms with Gasteiger partial charge in [-0.3, -0.25) is 4.79 Å². The summed E-state index contributed by atoms with van der Waals surface area (Å²) in [4.78, 5) is 26.1. The number of carbonyl (C=O) groups excluding carboxylic acids is 2. The zero-order valence-corrected chi connectivity index (χ0v) is 22.7. The number of rotatable bonds is 8. The van der Waals surface area contributed by atoms with Gasteiger partial charge < -0.3 is 15.4 Å². The Labute approximate surface area is 235 Å². The quantitative estimate of drug-likeness (QED) is 0.294. The highest BCUT2D eigenvalue weighted by Crippen LogP contribution is 2.45. The maximum Gasteiger partial charge on any atom is 0.337 e. The van der Waals surface area contributed by atoms with E-state index in [0.717, 1.165) is 17.3 Å². The van der Waals surface area contributed by atoms with E-state index < -0.39 is 11.9 Å². The molecule has 1 heterocycles. The molecule has 0 saturated heterocycles. The Morgan fingerprint density at radius 1 is 1.05 bits per heavy atom. The van der Waals surface area contributed by atoms with Gasteiger partial charge in [0.05, 0.1) is 46.2 Å². The summed E-state index contributed by atoms with van der Waals surface area (Å²) in [7, 11) is 0. The van der Waals surface area contributed by atoms with Gasteiger partial charge in [-0.05, 0) is 42.3 Å². The molecule has 0 spiro atoms. The van der Waals surface area contributed by atoms with E-state index in [1.807, 2.05) is 30.3 Å². The van der Waals surface area contributed by atoms with Gasteiger partial charge in [0.15, 0.2) is 0 Å². The molecular weight excluding hydrogens is 541 g/mol. The number of anilines is 1. The van der Waals surface area contributed by atoms with Crippen LogP contribution in [0.25, 0.3) is 5.70 Å². The molecule has 0 radical (unpaired) electrons. The second-order valence-electron chi connectivity index (χ2n) is 8.16. The molecule has 192 valence electrons. The molecule has 0 saturated carbocycles. The molecule has 2 N–H and O–H groups in total. The number of thioether (sulfide) groups is 1. The second kappa shape index (κ2) is 12.7. The van der Waals surface area contributed by atoms with Crippen molar-refractivity contribution >= 4 is 58.2 Å². The molecule has 0 bridgehead atoms. The Bertz CT molecular complexity index is 1470. The van der Waals surface area contributed by atoms with Crippen LogP contribution in [0.2, 0.25) is 10.0 Å². The van der Waals surface area contributed by atoms with Crippen molar-refractivity contribution in [1.29, 1.82) is 5.26 Å². The van der Waals surface area contributed by atoms with Gasteiger partial charge in [0.25, 0.3) is 0 Å². The zero-order valence-electron chi connectivity index (χ0n) is 20.3. The second-order valence-corrected chi connectivity index (χ2v) is 9.99. The highest BCUT2D eigenvalue weighted by molar-refractivity contribution is 8.03. The number of ether oxygens (including phenoxy) is 1. The number of benzene rings is 3. The third kappa shape index (κ3) is 6.22. The molecule has 1 atom stereocenters. The van der Waals surface area contributed by atoms with Crippen molar-refractivity contribution in [2.75, 3.05) is 17.7 Å². The average Bonchev–Trinajstić information content (AvgIpc) is 2.92. The lowest BCUT2D eigenvalue weighted by molar-refractivity contribution is -0.138. The number of nitrogens with zero attached hydrogens (tertiary/aromatic N) is 1. The third-order valence-electron chi connectivity index (χ3n) is 5.68. The van der Waals surface area contributed by atoms with E-state index in [1.54, 1.807) is 55.5 Å². The van der Waals surface area contributed by atoms with Crippen molar-refractivity contribution in [3.8, 4) is 6.07 Å². The first-order valence-electron chi connectivity index (χ1n) is 11.7. The number of hydrogen-bond donors (Lipinski definition) is 2. The molecule has 0 unspecified atom stereocenters. The summed E-state index contributed by atoms with van der Waals surface area (Å²) < 4.78 is 5.43. The highest BCUT2D eigenvalue weighted by Gasteiger charge is 2.38. The van der Waals surface area contributed by atoms with Crippen LogP contribution in [0.15, 0.2) is 95.0 Å². The summed E-state index contributed by atoms with van der Waals surface area (Å²) in [6.45, 7) is 1.89. The molecule has 9 heteroatoms. The molecule has 0 aliphatic carbocycles. The lowest BCUT2D eigenvalue weighted by atomic mass is 9.81. The molecule has 38 heavy (non-hydrogen) atoms. The van der Waals surface area contributed by atoms with Gasteiger partial charge in [0.1, 0.15) is 0 Å². The SMILES string of the molecule is CCOC(=O)C1=C(c2ccccc2)NC(SCC(=O)Nc2cccc(Cl)c2)=C(C#N)[C@H]1c1ccccc1Cl. The fourth-order valence-electron chi connectivity index (χ4n) is 4.08. The van der Waals surface area contributed by atoms with Crippen molar-refractivity contribution in [1.82, 2.24) is 5.32 Å². The van der Waals surface area contributed by atoms with Gasteiger partial charge in [0.2, 0.25) is 5.91 Å². The highest BCUT2D eigenvalue weighted by atomic mass is 35.5. The van der Waals surface area contributed by atoms with E-state index in [-0.39, 0.29) is 29.4 Å². The molecule has 3 aromatic rings. The largest absolute Gasteiger partial charge is 0.463 e. The molecule has 0 fully saturated rings. The van der Waals surface area contributed by atoms with Gasteiger partial charge in [-0.1, -0.05) is 89.6 Å². The fraction of sp³-hybridized carbons (Fsp3) is 0.138. The van der Waals surface area contributed by atoms with Crippen LogP contribution in [0.3, 0.4) is 0 Å². The maximum absolute atomic E-state index is 13.4. The Morgan fingerprint density at radius 3 is 2.47 bits per heavy atom. The Hall–Kier alpha value is -3.70. The Morgan fingerprint density at radius 2 is 1.79 bits per heavy atom. The van der Waals surface area contributed by atoms with Crippen LogP contribution >= 0.6 is 35.0 Å². The Kier molecular flexibility index (Phi) is 9.14. The summed E-state index contributed by atoms with van der Waals surface area (Å²) in [5.41, 5.74) is 2.91. The number of nitriles is 1. The predicted molar refractivity (Wildman–Crippen MR) is 153 cm³/mol. The van der Waals surface area contributed by atoms with Crippen molar-refractivity contribution in [3.63, 3.8) is 0 Å². The molecule has 1 amide bonds. The number of amides is 1. The van der Waals surface area contributed by atoms with E-state index in [2.05, 4.69) is 16.7 Å². The number of allylic oxidation sites excluding steroid dienone is 1. The predicted octanol–water partition coefficient (Wildman–Crippen LogP) is 6.76. The van der Waals surface area contributed by atoms with Crippen LogP contribution in [0, 0.1) is 11.3 Å². The monoisotopic (exact) mass is 563 g/mol. The van der Waals surface area contributed by atoms with Gasteiger partial charge in [-0.25, -0.2) is 4.79 Å². The molecule has 4 rings (SSSR count). The number of carbonyl (C=O) groups is 2. The summed E-state index contributed by atoms with van der Waals surface area (Å²) in [5.74, 6) is -1.63. The van der Waals surface area contributed by atoms with Crippen LogP contribution in [0.4, 0.5) is 5.69 Å². The van der Waals surface area contributed by atoms with Gasteiger partial charge >= 0.3 is 5.97 Å². The maximum atomic E-state index is 13.4. The number of hydrogen-bond acceptors (Lipinski definition) is 6. The van der Waals surface area contributed by atoms with E-state index >= 15 is 0 Å². The topological polar surface area (TPSA) is 91.2 Å². The molecule has 3 aromatic carbocycles. The van der Waals surface area contributed by atoms with Crippen LogP contribution in [-0.4, -0.2) is 24.2 Å². The van der Waals surface area contributed by atoms with Crippen LogP contribution < -0.4 is 10.6 Å². The van der Waals surface area contributed by atoms with Crippen molar-refractivity contribution in [2.45, 2.75) is 12.8 Å². The number of nitrogens with one attached hydrogen (secondary N) is 2. The summed E-state index contributed by atoms with van der Waals surface area (Å²) in [6.07, 6.45) is 0. The summed E-state index contributed by atoms with van der Waals surface area (Å²) >= 11 is 13.8. The molecular formula is C29H23Cl2N3O3S. The normalized spacial score (nSPS) is 14.9. The van der Waals surface area contributed by atoms with Crippen LogP contribution in [0.1, 0.15) is 24.0 Å². The van der Waals surface area contributed by atoms with Crippen molar-refractivity contribution < 1.29 is 14.3 Å². The van der Waals surface area contributed by atoms with Crippen LogP contribution in [0.5, 0.6) is 0 Å². The minimum Gasteiger partial charge on any atom is -0.463 e. The minimum atomic E-state index is -0.803. The average molecular weight is 564 g/mol. The van der Waals surface area contributed by atoms with Crippen molar-refractivity contribution in [3.05, 3.63) is 116 Å². The Balaban J connectivity index is 1.77. The minimum absolute atomic E-state index is 0.00603. The van der Waals surface area contributed by atoms with E-state index in [0.29, 0.717) is 32.0 Å². The molecule has 6 nitrogen and oxygen atoms in total. The van der Waals surface area contributed by atoms with Crippen molar-refractivity contribution in [2.24, 2.45) is 0 Å². The lowest BCUT2D eigenvalue weighted by Gasteiger charge is -2.31. The standard InChI is InChI=1S/C29H23Cl2N3O3S/c1-2-37-29(36)26-25(21-13-6-7-14-23(21)31)22(16-32)28(34-27(26)18-9-4-3-5-10-18)38-17-24(35)33-20-12-8-11-19(30)15-20/h3-15,25,34H,2,17H2,1H3,(H,33,35)/t25-/m1/s1.